The molecule has 1 aromatic carbocycles. The topological polar surface area (TPSA) is 39.4 Å². The SMILES string of the molecule is CC(=O)Oc1ccc2occ(CBr)c2c1. The predicted molar refractivity (Wildman–Crippen MR) is 60.2 cm³/mol. The first-order chi connectivity index (χ1) is 7.20. The molecule has 0 radical (unpaired) electrons. The van der Waals surface area contributed by atoms with Crippen LogP contribution in [-0.2, 0) is 10.1 Å². The average molecular weight is 269 g/mol. The molecular weight excluding hydrogens is 260 g/mol. The summed E-state index contributed by atoms with van der Waals surface area (Å²) in [5, 5.41) is 1.68. The number of hydrogen-bond acceptors (Lipinski definition) is 3. The number of halogens is 1. The van der Waals surface area contributed by atoms with Crippen LogP contribution in [0, 0.1) is 0 Å². The Hall–Kier alpha value is -1.29. The smallest absolute Gasteiger partial charge is 0.308 e. The van der Waals surface area contributed by atoms with Gasteiger partial charge in [0.15, 0.2) is 0 Å². The summed E-state index contributed by atoms with van der Waals surface area (Å²) in [5.41, 5.74) is 1.83. The van der Waals surface area contributed by atoms with E-state index in [4.69, 9.17) is 9.15 Å². The summed E-state index contributed by atoms with van der Waals surface area (Å²) >= 11 is 3.37. The van der Waals surface area contributed by atoms with Crippen LogP contribution in [0.3, 0.4) is 0 Å². The zero-order chi connectivity index (χ0) is 10.8. The molecule has 1 aromatic heterocycles. The van der Waals surface area contributed by atoms with Crippen LogP contribution in [0.25, 0.3) is 11.0 Å². The van der Waals surface area contributed by atoms with Gasteiger partial charge in [0.1, 0.15) is 11.3 Å². The first kappa shape index (κ1) is 10.2. The maximum Gasteiger partial charge on any atom is 0.308 e. The van der Waals surface area contributed by atoms with Gasteiger partial charge in [-0.1, -0.05) is 15.9 Å². The van der Waals surface area contributed by atoms with Crippen LogP contribution >= 0.6 is 15.9 Å². The van der Waals surface area contributed by atoms with Gasteiger partial charge in [-0.25, -0.2) is 0 Å². The minimum Gasteiger partial charge on any atom is -0.464 e. The van der Waals surface area contributed by atoms with Crippen molar-refractivity contribution < 1.29 is 13.9 Å². The molecule has 3 nitrogen and oxygen atoms in total. The van der Waals surface area contributed by atoms with Crippen molar-refractivity contribution >= 4 is 32.9 Å². The molecule has 0 atom stereocenters. The zero-order valence-electron chi connectivity index (χ0n) is 8.12. The molecular formula is C11H9BrO3. The molecule has 0 aliphatic rings. The van der Waals surface area contributed by atoms with Crippen molar-refractivity contribution in [1.29, 1.82) is 0 Å². The van der Waals surface area contributed by atoms with E-state index in [0.717, 1.165) is 16.5 Å². The monoisotopic (exact) mass is 268 g/mol. The van der Waals surface area contributed by atoms with Crippen LogP contribution < -0.4 is 4.74 Å². The van der Waals surface area contributed by atoms with Crippen molar-refractivity contribution in [2.45, 2.75) is 12.3 Å². The van der Waals surface area contributed by atoms with Crippen LogP contribution in [0.4, 0.5) is 0 Å². The van der Waals surface area contributed by atoms with Gasteiger partial charge in [-0.15, -0.1) is 0 Å². The summed E-state index contributed by atoms with van der Waals surface area (Å²) in [5.74, 6) is 0.219. The lowest BCUT2D eigenvalue weighted by molar-refractivity contribution is -0.131. The number of alkyl halides is 1. The van der Waals surface area contributed by atoms with Gasteiger partial charge in [-0.2, -0.15) is 0 Å². The second-order valence-corrected chi connectivity index (χ2v) is 3.71. The Kier molecular flexibility index (Phi) is 2.77. The van der Waals surface area contributed by atoms with Crippen molar-refractivity contribution in [2.24, 2.45) is 0 Å². The van der Waals surface area contributed by atoms with Gasteiger partial charge in [0.2, 0.25) is 0 Å². The number of ether oxygens (including phenoxy) is 1. The van der Waals surface area contributed by atoms with Crippen LogP contribution in [-0.4, -0.2) is 5.97 Å². The third-order valence-corrected chi connectivity index (χ3v) is 2.63. The third-order valence-electron chi connectivity index (χ3n) is 2.03. The van der Waals surface area contributed by atoms with Gasteiger partial charge >= 0.3 is 5.97 Å². The average Bonchev–Trinajstić information content (AvgIpc) is 2.59. The third kappa shape index (κ3) is 2.04. The van der Waals surface area contributed by atoms with E-state index < -0.39 is 0 Å². The number of benzene rings is 1. The summed E-state index contributed by atoms with van der Waals surface area (Å²) < 4.78 is 10.3. The molecule has 78 valence electrons. The number of esters is 1. The normalized spacial score (nSPS) is 10.5. The van der Waals surface area contributed by atoms with Crippen molar-refractivity contribution in [1.82, 2.24) is 0 Å². The fourth-order valence-electron chi connectivity index (χ4n) is 1.39. The van der Waals surface area contributed by atoms with Gasteiger partial charge in [-0.3, -0.25) is 4.79 Å². The highest BCUT2D eigenvalue weighted by molar-refractivity contribution is 9.08. The largest absolute Gasteiger partial charge is 0.464 e. The minimum atomic E-state index is -0.321. The Balaban J connectivity index is 2.47. The fourth-order valence-corrected chi connectivity index (χ4v) is 1.83. The standard InChI is InChI=1S/C11H9BrO3/c1-7(13)15-9-2-3-11-10(4-9)8(5-12)6-14-11/h2-4,6H,5H2,1H3. The predicted octanol–water partition coefficient (Wildman–Crippen LogP) is 3.25. The van der Waals surface area contributed by atoms with Crippen molar-refractivity contribution in [2.75, 3.05) is 0 Å². The molecule has 4 heteroatoms. The first-order valence-corrected chi connectivity index (χ1v) is 5.57. The zero-order valence-corrected chi connectivity index (χ0v) is 9.71. The van der Waals surface area contributed by atoms with Crippen LogP contribution in [0.1, 0.15) is 12.5 Å². The van der Waals surface area contributed by atoms with Crippen LogP contribution in [0.15, 0.2) is 28.9 Å². The summed E-state index contributed by atoms with van der Waals surface area (Å²) in [4.78, 5) is 10.8. The fraction of sp³-hybridized carbons (Fsp3) is 0.182. The van der Waals surface area contributed by atoms with Crippen LogP contribution in [0.2, 0.25) is 0 Å². The van der Waals surface area contributed by atoms with Crippen molar-refractivity contribution in [3.05, 3.63) is 30.0 Å². The second kappa shape index (κ2) is 4.06. The van der Waals surface area contributed by atoms with E-state index in [9.17, 15) is 4.79 Å². The molecule has 0 aliphatic heterocycles. The molecule has 0 aliphatic carbocycles. The van der Waals surface area contributed by atoms with E-state index in [1.165, 1.54) is 6.92 Å². The number of carbonyl (C=O) groups is 1. The highest BCUT2D eigenvalue weighted by atomic mass is 79.9. The lowest BCUT2D eigenvalue weighted by Gasteiger charge is -2.00. The number of fused-ring (bicyclic) bond motifs is 1. The number of carbonyl (C=O) groups excluding carboxylic acids is 1. The van der Waals surface area contributed by atoms with Gasteiger partial charge in [-0.05, 0) is 18.2 Å². The van der Waals surface area contributed by atoms with Gasteiger partial charge < -0.3 is 9.15 Å². The molecule has 2 rings (SSSR count). The lowest BCUT2D eigenvalue weighted by Crippen LogP contribution is -2.00. The molecule has 15 heavy (non-hydrogen) atoms. The number of hydrogen-bond donors (Lipinski definition) is 0. The second-order valence-electron chi connectivity index (χ2n) is 3.15. The molecule has 0 unspecified atom stereocenters. The molecule has 0 N–H and O–H groups in total. The Bertz CT molecular complexity index is 502. The van der Waals surface area contributed by atoms with Crippen molar-refractivity contribution in [3.8, 4) is 5.75 Å². The Morgan fingerprint density at radius 3 is 3.00 bits per heavy atom. The van der Waals surface area contributed by atoms with Gasteiger partial charge in [0.25, 0.3) is 0 Å². The molecule has 0 bridgehead atoms. The summed E-state index contributed by atoms with van der Waals surface area (Å²) in [6.07, 6.45) is 1.69. The lowest BCUT2D eigenvalue weighted by atomic mass is 10.2. The quantitative estimate of drug-likeness (QED) is 0.477. The maximum atomic E-state index is 10.8. The highest BCUT2D eigenvalue weighted by Gasteiger charge is 2.07. The van der Waals surface area contributed by atoms with E-state index in [2.05, 4.69) is 15.9 Å². The Morgan fingerprint density at radius 1 is 1.53 bits per heavy atom. The molecule has 2 aromatic rings. The molecule has 0 saturated carbocycles. The first-order valence-electron chi connectivity index (χ1n) is 4.45. The van der Waals surface area contributed by atoms with Gasteiger partial charge in [0.05, 0.1) is 6.26 Å². The van der Waals surface area contributed by atoms with E-state index in [1.807, 2.05) is 0 Å². The number of rotatable bonds is 2. The molecule has 0 spiro atoms. The highest BCUT2D eigenvalue weighted by Crippen LogP contribution is 2.27. The maximum absolute atomic E-state index is 10.8. The van der Waals surface area contributed by atoms with E-state index in [0.29, 0.717) is 11.1 Å². The molecule has 0 fully saturated rings. The Labute approximate surface area is 95.1 Å². The number of furan rings is 1. The van der Waals surface area contributed by atoms with Gasteiger partial charge in [0, 0.05) is 23.2 Å². The van der Waals surface area contributed by atoms with Crippen LogP contribution in [0.5, 0.6) is 5.75 Å². The minimum absolute atomic E-state index is 0.321. The molecule has 0 amide bonds. The Morgan fingerprint density at radius 2 is 2.33 bits per heavy atom. The van der Waals surface area contributed by atoms with Crippen molar-refractivity contribution in [3.63, 3.8) is 0 Å². The van der Waals surface area contributed by atoms with E-state index >= 15 is 0 Å². The summed E-state index contributed by atoms with van der Waals surface area (Å²) in [6, 6.07) is 5.31. The summed E-state index contributed by atoms with van der Waals surface area (Å²) in [7, 11) is 0. The van der Waals surface area contributed by atoms with E-state index in [1.54, 1.807) is 24.5 Å². The molecule has 0 saturated heterocycles. The molecule has 1 heterocycles. The summed E-state index contributed by atoms with van der Waals surface area (Å²) in [6.45, 7) is 1.38. The van der Waals surface area contributed by atoms with E-state index in [-0.39, 0.29) is 5.97 Å².